The molecule has 120 valence electrons. The lowest BCUT2D eigenvalue weighted by atomic mass is 10.2. The minimum Gasteiger partial charge on any atom is -0.395 e. The molecule has 4 nitrogen and oxygen atoms in total. The minimum absolute atomic E-state index is 0.198. The van der Waals surface area contributed by atoms with Crippen LogP contribution in [0.1, 0.15) is 11.1 Å². The van der Waals surface area contributed by atoms with Crippen LogP contribution in [-0.4, -0.2) is 26.8 Å². The van der Waals surface area contributed by atoms with Crippen molar-refractivity contribution in [2.45, 2.75) is 22.3 Å². The second-order valence-electron chi connectivity index (χ2n) is 6.38. The zero-order valence-electron chi connectivity index (χ0n) is 12.5. The number of fused-ring (bicyclic) bond motifs is 1. The quantitative estimate of drug-likeness (QED) is 0.812. The van der Waals surface area contributed by atoms with E-state index >= 15 is 0 Å². The van der Waals surface area contributed by atoms with Crippen molar-refractivity contribution >= 4 is 14.3 Å². The highest BCUT2D eigenvalue weighted by atomic mass is 31.3. The van der Waals surface area contributed by atoms with Crippen molar-refractivity contribution in [3.8, 4) is 0 Å². The maximum Gasteiger partial charge on any atom is 0.194 e. The highest BCUT2D eigenvalue weighted by Gasteiger charge is 3.13. The van der Waals surface area contributed by atoms with Crippen LogP contribution >= 0.6 is 14.3 Å². The number of hydrogen-bond acceptors (Lipinski definition) is 4. The molecule has 0 radical (unpaired) electrons. The average Bonchev–Trinajstić information content (AvgIpc) is 3.23. The summed E-state index contributed by atoms with van der Waals surface area (Å²) in [5, 5.41) is 19.0. The molecule has 2 aromatic carbocycles. The van der Waals surface area contributed by atoms with Gasteiger partial charge in [-0.05, 0) is 11.1 Å². The van der Waals surface area contributed by atoms with E-state index in [0.29, 0.717) is 0 Å². The molecule has 2 aliphatic heterocycles. The summed E-state index contributed by atoms with van der Waals surface area (Å²) in [4.78, 5) is -1.27. The highest BCUT2D eigenvalue weighted by Crippen LogP contribution is 3.23. The van der Waals surface area contributed by atoms with Gasteiger partial charge in [-0.1, -0.05) is 60.7 Å². The summed E-state index contributed by atoms with van der Waals surface area (Å²) in [5.74, 6) is 0. The number of aliphatic hydroxyl groups is 2. The molecule has 23 heavy (non-hydrogen) atoms. The molecule has 0 spiro atoms. The van der Waals surface area contributed by atoms with Gasteiger partial charge in [0.2, 0.25) is 0 Å². The van der Waals surface area contributed by atoms with E-state index in [1.54, 1.807) is 0 Å². The average molecular weight is 348 g/mol. The summed E-state index contributed by atoms with van der Waals surface area (Å²) in [7, 11) is -6.18. The van der Waals surface area contributed by atoms with Gasteiger partial charge >= 0.3 is 0 Å². The molecule has 2 N–H and O–H groups in total. The third-order valence-corrected chi connectivity index (χ3v) is 16.9. The molecular formula is C17H18O4P2. The van der Waals surface area contributed by atoms with Crippen molar-refractivity contribution in [1.82, 2.24) is 0 Å². The standard InChI is InChI=1S/C17H18O4P2/c18-13-16-17(19,22(16,20)11-14-7-3-1-4-8-14)23(16,21)12-15-9-5-2-6-10-15/h1-10,18-19H,11-13H2. The van der Waals surface area contributed by atoms with Gasteiger partial charge < -0.3 is 19.3 Å². The lowest BCUT2D eigenvalue weighted by Gasteiger charge is -2.20. The Balaban J connectivity index is 1.64. The molecule has 0 amide bonds. The van der Waals surface area contributed by atoms with Crippen LogP contribution in [0, 0.1) is 0 Å². The van der Waals surface area contributed by atoms with Crippen molar-refractivity contribution in [3.63, 3.8) is 0 Å². The summed E-state index contributed by atoms with van der Waals surface area (Å²) in [6, 6.07) is 18.5. The van der Waals surface area contributed by atoms with E-state index < -0.39 is 30.9 Å². The molecule has 0 aliphatic carbocycles. The third-order valence-electron chi connectivity index (χ3n) is 5.36. The van der Waals surface area contributed by atoms with Crippen molar-refractivity contribution in [2.24, 2.45) is 0 Å². The number of hydrogen-bond donors (Lipinski definition) is 2. The third kappa shape index (κ3) is 1.56. The van der Waals surface area contributed by atoms with Gasteiger partial charge in [0.05, 0.1) is 6.61 Å². The number of aliphatic hydroxyl groups excluding tert-OH is 1. The molecule has 2 aromatic rings. The largest absolute Gasteiger partial charge is 0.395 e. The SMILES string of the molecule is O=P1(Cc2ccccc2)C2(O)C1(CO)P2(=O)Cc1ccccc1. The topological polar surface area (TPSA) is 74.6 Å². The van der Waals surface area contributed by atoms with Gasteiger partial charge in [-0.25, -0.2) is 0 Å². The predicted molar refractivity (Wildman–Crippen MR) is 90.3 cm³/mol. The van der Waals surface area contributed by atoms with Gasteiger partial charge in [0.1, 0.15) is 19.2 Å². The van der Waals surface area contributed by atoms with Crippen LogP contribution in [-0.2, 0) is 21.5 Å². The second kappa shape index (κ2) is 4.68. The molecule has 0 saturated carbocycles. The van der Waals surface area contributed by atoms with Crippen LogP contribution in [0.4, 0.5) is 0 Å². The van der Waals surface area contributed by atoms with E-state index in [9.17, 15) is 19.3 Å². The van der Waals surface area contributed by atoms with Gasteiger partial charge in [0.25, 0.3) is 0 Å². The van der Waals surface area contributed by atoms with Crippen LogP contribution in [0.3, 0.4) is 0 Å². The van der Waals surface area contributed by atoms with Crippen molar-refractivity contribution in [2.75, 3.05) is 6.61 Å². The lowest BCUT2D eigenvalue weighted by molar-refractivity contribution is 0.234. The number of rotatable bonds is 5. The zero-order valence-corrected chi connectivity index (χ0v) is 14.3. The monoisotopic (exact) mass is 348 g/mol. The molecule has 6 heteroatoms. The van der Waals surface area contributed by atoms with Gasteiger partial charge in [0.15, 0.2) is 5.08 Å². The first-order chi connectivity index (χ1) is 11.0. The van der Waals surface area contributed by atoms with Crippen molar-refractivity contribution in [3.05, 3.63) is 71.8 Å². The fourth-order valence-electron chi connectivity index (χ4n) is 4.06. The zero-order chi connectivity index (χ0) is 16.3. The summed E-state index contributed by atoms with van der Waals surface area (Å²) in [6.07, 6.45) is 0.396. The van der Waals surface area contributed by atoms with Crippen molar-refractivity contribution in [1.29, 1.82) is 0 Å². The Morgan fingerprint density at radius 3 is 1.48 bits per heavy atom. The minimum atomic E-state index is -3.09. The van der Waals surface area contributed by atoms with E-state index in [1.807, 2.05) is 60.7 Å². The maximum absolute atomic E-state index is 13.2. The maximum atomic E-state index is 13.2. The normalized spacial score (nSPS) is 40.4. The Bertz CT molecular complexity index is 784. The van der Waals surface area contributed by atoms with Gasteiger partial charge in [-0.3, -0.25) is 0 Å². The molecule has 2 aliphatic rings. The predicted octanol–water partition coefficient (Wildman–Crippen LogP) is 3.47. The summed E-state index contributed by atoms with van der Waals surface area (Å²) >= 11 is 0. The van der Waals surface area contributed by atoms with E-state index in [2.05, 4.69) is 0 Å². The van der Waals surface area contributed by atoms with Crippen LogP contribution < -0.4 is 0 Å². The first-order valence-electron chi connectivity index (χ1n) is 7.56. The molecule has 0 aromatic heterocycles. The summed E-state index contributed by atoms with van der Waals surface area (Å²) < 4.78 is 26.3. The van der Waals surface area contributed by atoms with Gasteiger partial charge in [-0.15, -0.1) is 0 Å². The second-order valence-corrected chi connectivity index (χ2v) is 13.5. The van der Waals surface area contributed by atoms with Crippen molar-refractivity contribution < 1.29 is 19.3 Å². The first-order valence-corrected chi connectivity index (χ1v) is 11.3. The van der Waals surface area contributed by atoms with Gasteiger partial charge in [0, 0.05) is 12.3 Å². The lowest BCUT2D eigenvalue weighted by Crippen LogP contribution is -2.05. The highest BCUT2D eigenvalue weighted by molar-refractivity contribution is 8.12. The van der Waals surface area contributed by atoms with E-state index in [-0.39, 0.29) is 12.3 Å². The van der Waals surface area contributed by atoms with E-state index in [4.69, 9.17) is 0 Å². The first kappa shape index (κ1) is 15.4. The summed E-state index contributed by atoms with van der Waals surface area (Å²) in [5.41, 5.74) is 1.69. The molecule has 2 atom stereocenters. The van der Waals surface area contributed by atoms with Crippen LogP contribution in [0.5, 0.6) is 0 Å². The fourth-order valence-corrected chi connectivity index (χ4v) is 17.5. The Morgan fingerprint density at radius 1 is 0.783 bits per heavy atom. The Labute approximate surface area is 134 Å². The molecule has 2 unspecified atom stereocenters. The Morgan fingerprint density at radius 2 is 1.17 bits per heavy atom. The molecule has 2 saturated heterocycles. The van der Waals surface area contributed by atoms with Crippen LogP contribution in [0.15, 0.2) is 60.7 Å². The molecule has 2 fully saturated rings. The Hall–Kier alpha value is -1.18. The molecule has 2 heterocycles. The number of benzene rings is 2. The molecule has 0 bridgehead atoms. The smallest absolute Gasteiger partial charge is 0.194 e. The van der Waals surface area contributed by atoms with Crippen LogP contribution in [0.25, 0.3) is 0 Å². The van der Waals surface area contributed by atoms with Crippen LogP contribution in [0.2, 0.25) is 0 Å². The van der Waals surface area contributed by atoms with E-state index in [1.165, 1.54) is 0 Å². The Kier molecular flexibility index (Phi) is 3.12. The molecular weight excluding hydrogens is 330 g/mol. The fraction of sp³-hybridized carbons (Fsp3) is 0.294. The van der Waals surface area contributed by atoms with E-state index in [0.717, 1.165) is 11.1 Å². The molecule has 4 rings (SSSR count). The summed E-state index contributed by atoms with van der Waals surface area (Å²) in [6.45, 7) is -0.474. The van der Waals surface area contributed by atoms with Gasteiger partial charge in [-0.2, -0.15) is 0 Å².